The average molecular weight is 339 g/mol. The first kappa shape index (κ1) is 17.4. The summed E-state index contributed by atoms with van der Waals surface area (Å²) in [6, 6.07) is 6.12. The van der Waals surface area contributed by atoms with Crippen LogP contribution >= 0.6 is 0 Å². The molecule has 6 heteroatoms. The molecule has 2 aromatic rings. The predicted molar refractivity (Wildman–Crippen MR) is 99.2 cm³/mol. The van der Waals surface area contributed by atoms with E-state index >= 15 is 0 Å². The van der Waals surface area contributed by atoms with Gasteiger partial charge in [0.15, 0.2) is 0 Å². The number of hydrogen-bond donors (Lipinski definition) is 1. The number of anilines is 2. The van der Waals surface area contributed by atoms with E-state index in [1.165, 1.54) is 11.1 Å². The zero-order valence-corrected chi connectivity index (χ0v) is 15.1. The molecule has 6 nitrogen and oxygen atoms in total. The summed E-state index contributed by atoms with van der Waals surface area (Å²) < 4.78 is 0. The van der Waals surface area contributed by atoms with Gasteiger partial charge in [-0.3, -0.25) is 4.79 Å². The molecule has 1 aliphatic heterocycles. The van der Waals surface area contributed by atoms with Gasteiger partial charge in [-0.2, -0.15) is 0 Å². The first-order valence-electron chi connectivity index (χ1n) is 8.74. The fourth-order valence-electron chi connectivity index (χ4n) is 2.90. The van der Waals surface area contributed by atoms with Crippen LogP contribution in [0.25, 0.3) is 0 Å². The second-order valence-corrected chi connectivity index (χ2v) is 6.45. The van der Waals surface area contributed by atoms with Gasteiger partial charge in [0.2, 0.25) is 5.95 Å². The summed E-state index contributed by atoms with van der Waals surface area (Å²) in [7, 11) is 0. The van der Waals surface area contributed by atoms with Crippen molar-refractivity contribution in [3.63, 3.8) is 0 Å². The van der Waals surface area contributed by atoms with Crippen LogP contribution in [-0.4, -0.2) is 58.4 Å². The predicted octanol–water partition coefficient (Wildman–Crippen LogP) is 2.61. The lowest BCUT2D eigenvalue weighted by Crippen LogP contribution is -2.48. The highest BCUT2D eigenvalue weighted by atomic mass is 16.2. The highest BCUT2D eigenvalue weighted by molar-refractivity contribution is 5.93. The van der Waals surface area contributed by atoms with Crippen LogP contribution in [-0.2, 0) is 0 Å². The molecule has 1 aromatic heterocycles. The molecule has 1 N–H and O–H groups in total. The smallest absolute Gasteiger partial charge is 0.257 e. The summed E-state index contributed by atoms with van der Waals surface area (Å²) in [5.74, 6) is 0.504. The molecule has 25 heavy (non-hydrogen) atoms. The number of amides is 1. The Balaban J connectivity index is 1.63. The molecule has 0 bridgehead atoms. The van der Waals surface area contributed by atoms with Crippen LogP contribution < -0.4 is 5.32 Å². The van der Waals surface area contributed by atoms with E-state index in [4.69, 9.17) is 0 Å². The van der Waals surface area contributed by atoms with E-state index in [1.807, 2.05) is 11.0 Å². The number of aryl methyl sites for hydroxylation is 2. The number of rotatable bonds is 4. The zero-order valence-electron chi connectivity index (χ0n) is 15.1. The summed E-state index contributed by atoms with van der Waals surface area (Å²) in [6.45, 7) is 10.7. The summed E-state index contributed by atoms with van der Waals surface area (Å²) in [5, 5.41) is 3.18. The summed E-state index contributed by atoms with van der Waals surface area (Å²) in [6.07, 6.45) is 3.20. The molecule has 1 aromatic carbocycles. The monoisotopic (exact) mass is 339 g/mol. The number of nitrogens with zero attached hydrogens (tertiary/aromatic N) is 4. The van der Waals surface area contributed by atoms with Crippen LogP contribution in [0.4, 0.5) is 11.6 Å². The minimum atomic E-state index is 0.00786. The van der Waals surface area contributed by atoms with Crippen LogP contribution in [0.2, 0.25) is 0 Å². The Bertz CT molecular complexity index is 736. The summed E-state index contributed by atoms with van der Waals surface area (Å²) in [4.78, 5) is 25.4. The topological polar surface area (TPSA) is 61.4 Å². The van der Waals surface area contributed by atoms with E-state index in [0.29, 0.717) is 11.5 Å². The van der Waals surface area contributed by atoms with Crippen LogP contribution in [0.1, 0.15) is 28.4 Å². The van der Waals surface area contributed by atoms with Crippen molar-refractivity contribution in [1.82, 2.24) is 19.8 Å². The second kappa shape index (κ2) is 7.61. The second-order valence-electron chi connectivity index (χ2n) is 6.45. The summed E-state index contributed by atoms with van der Waals surface area (Å²) in [5.41, 5.74) is 3.94. The Kier molecular flexibility index (Phi) is 5.28. The van der Waals surface area contributed by atoms with Gasteiger partial charge in [0.1, 0.15) is 0 Å². The maximum absolute atomic E-state index is 12.6. The Morgan fingerprint density at radius 2 is 1.76 bits per heavy atom. The highest BCUT2D eigenvalue weighted by Crippen LogP contribution is 2.17. The third kappa shape index (κ3) is 4.14. The minimum absolute atomic E-state index is 0.00786. The fraction of sp³-hybridized carbons (Fsp3) is 0.421. The van der Waals surface area contributed by atoms with E-state index in [-0.39, 0.29) is 5.91 Å². The van der Waals surface area contributed by atoms with Crippen molar-refractivity contribution in [3.05, 3.63) is 47.3 Å². The maximum atomic E-state index is 12.6. The van der Waals surface area contributed by atoms with Crippen molar-refractivity contribution < 1.29 is 4.79 Å². The van der Waals surface area contributed by atoms with E-state index in [2.05, 4.69) is 53.1 Å². The van der Waals surface area contributed by atoms with E-state index < -0.39 is 0 Å². The lowest BCUT2D eigenvalue weighted by molar-refractivity contribution is 0.0642. The number of likely N-dealkylation sites (N-methyl/N-ethyl adjacent to an activating group) is 1. The first-order chi connectivity index (χ1) is 12.1. The number of aromatic nitrogens is 2. The molecule has 0 radical (unpaired) electrons. The fourth-order valence-corrected chi connectivity index (χ4v) is 2.90. The Morgan fingerprint density at radius 3 is 2.36 bits per heavy atom. The van der Waals surface area contributed by atoms with Crippen LogP contribution in [0, 0.1) is 13.8 Å². The largest absolute Gasteiger partial charge is 0.336 e. The molecule has 1 amide bonds. The third-order valence-corrected chi connectivity index (χ3v) is 4.77. The van der Waals surface area contributed by atoms with Crippen LogP contribution in [0.3, 0.4) is 0 Å². The molecular formula is C19H25N5O. The van der Waals surface area contributed by atoms with Gasteiger partial charge in [-0.05, 0) is 43.7 Å². The number of carbonyl (C=O) groups is 1. The molecule has 132 valence electrons. The van der Waals surface area contributed by atoms with E-state index in [1.54, 1.807) is 12.4 Å². The van der Waals surface area contributed by atoms with Crippen molar-refractivity contribution in [2.75, 3.05) is 38.0 Å². The molecule has 0 saturated carbocycles. The van der Waals surface area contributed by atoms with E-state index in [9.17, 15) is 4.79 Å². The lowest BCUT2D eigenvalue weighted by atomic mass is 10.1. The third-order valence-electron chi connectivity index (χ3n) is 4.77. The van der Waals surface area contributed by atoms with Gasteiger partial charge in [0.05, 0.1) is 5.56 Å². The first-order valence-corrected chi connectivity index (χ1v) is 8.74. The van der Waals surface area contributed by atoms with Gasteiger partial charge >= 0.3 is 0 Å². The molecular weight excluding hydrogens is 314 g/mol. The number of piperazine rings is 1. The maximum Gasteiger partial charge on any atom is 0.257 e. The molecule has 0 unspecified atom stereocenters. The van der Waals surface area contributed by atoms with E-state index in [0.717, 1.165) is 38.4 Å². The van der Waals surface area contributed by atoms with Gasteiger partial charge in [-0.15, -0.1) is 0 Å². The van der Waals surface area contributed by atoms with Crippen LogP contribution in [0.15, 0.2) is 30.6 Å². The number of nitrogens with one attached hydrogen (secondary N) is 1. The van der Waals surface area contributed by atoms with Gasteiger partial charge < -0.3 is 15.1 Å². The average Bonchev–Trinajstić information content (AvgIpc) is 2.65. The van der Waals surface area contributed by atoms with Crippen molar-refractivity contribution in [3.8, 4) is 0 Å². The summed E-state index contributed by atoms with van der Waals surface area (Å²) >= 11 is 0. The molecule has 0 aliphatic carbocycles. The van der Waals surface area contributed by atoms with Crippen molar-refractivity contribution >= 4 is 17.5 Å². The van der Waals surface area contributed by atoms with Crippen LogP contribution in [0.5, 0.6) is 0 Å². The standard InChI is InChI=1S/C19H25N5O/c1-4-23-7-9-24(10-8-23)18(25)16-12-20-19(21-13-16)22-17-6-5-14(2)15(3)11-17/h5-6,11-13H,4,7-10H2,1-3H3,(H,20,21,22). The SMILES string of the molecule is CCN1CCN(C(=O)c2cnc(Nc3ccc(C)c(C)c3)nc2)CC1. The van der Waals surface area contributed by atoms with Gasteiger partial charge in [-0.1, -0.05) is 13.0 Å². The van der Waals surface area contributed by atoms with Crippen molar-refractivity contribution in [1.29, 1.82) is 0 Å². The zero-order chi connectivity index (χ0) is 17.8. The lowest BCUT2D eigenvalue weighted by Gasteiger charge is -2.33. The van der Waals surface area contributed by atoms with Gasteiger partial charge in [0.25, 0.3) is 5.91 Å². The Hall–Kier alpha value is -2.47. The number of carbonyl (C=O) groups excluding carboxylic acids is 1. The molecule has 0 atom stereocenters. The minimum Gasteiger partial charge on any atom is -0.336 e. The number of benzene rings is 1. The molecule has 3 rings (SSSR count). The Morgan fingerprint density at radius 1 is 1.08 bits per heavy atom. The van der Waals surface area contributed by atoms with Gasteiger partial charge in [-0.25, -0.2) is 9.97 Å². The molecule has 1 saturated heterocycles. The quantitative estimate of drug-likeness (QED) is 0.928. The molecule has 0 spiro atoms. The molecule has 1 aliphatic rings. The Labute approximate surface area is 148 Å². The van der Waals surface area contributed by atoms with Crippen molar-refractivity contribution in [2.45, 2.75) is 20.8 Å². The highest BCUT2D eigenvalue weighted by Gasteiger charge is 2.21. The molecule has 1 fully saturated rings. The normalized spacial score (nSPS) is 15.2. The van der Waals surface area contributed by atoms with Crippen molar-refractivity contribution in [2.24, 2.45) is 0 Å². The number of hydrogen-bond acceptors (Lipinski definition) is 5. The van der Waals surface area contributed by atoms with Gasteiger partial charge in [0, 0.05) is 44.3 Å². The molecule has 2 heterocycles.